The molecule has 0 aliphatic heterocycles. The largest absolute Gasteiger partial charge is 0.467 e. The molecule has 0 aliphatic carbocycles. The maximum absolute atomic E-state index is 9.85. The molecule has 0 spiro atoms. The summed E-state index contributed by atoms with van der Waals surface area (Å²) < 4.78 is 10.6. The number of ether oxygens (including phenoxy) is 1. The fourth-order valence-electron chi connectivity index (χ4n) is 2.41. The third kappa shape index (κ3) is 6.55. The van der Waals surface area contributed by atoms with Crippen molar-refractivity contribution in [3.8, 4) is 0 Å². The highest BCUT2D eigenvalue weighted by Crippen LogP contribution is 2.19. The van der Waals surface area contributed by atoms with Crippen LogP contribution in [-0.4, -0.2) is 30.9 Å². The van der Waals surface area contributed by atoms with Crippen molar-refractivity contribution < 1.29 is 14.3 Å². The zero-order chi connectivity index (χ0) is 15.0. The SMILES string of the molecule is CC(C)C(CNCC(O)COCc1ccco1)C(C)C. The molecule has 2 N–H and O–H groups in total. The molecule has 0 aromatic carbocycles. The van der Waals surface area contributed by atoms with Gasteiger partial charge in [-0.15, -0.1) is 0 Å². The molecule has 0 bridgehead atoms. The lowest BCUT2D eigenvalue weighted by atomic mass is 9.85. The van der Waals surface area contributed by atoms with Crippen molar-refractivity contribution in [1.29, 1.82) is 0 Å². The zero-order valence-electron chi connectivity index (χ0n) is 13.1. The van der Waals surface area contributed by atoms with Crippen molar-refractivity contribution in [2.75, 3.05) is 19.7 Å². The quantitative estimate of drug-likeness (QED) is 0.693. The summed E-state index contributed by atoms with van der Waals surface area (Å²) >= 11 is 0. The van der Waals surface area contributed by atoms with Crippen molar-refractivity contribution in [2.45, 2.75) is 40.4 Å². The number of hydrogen-bond donors (Lipinski definition) is 2. The van der Waals surface area contributed by atoms with Crippen LogP contribution >= 0.6 is 0 Å². The van der Waals surface area contributed by atoms with Crippen LogP contribution in [0.5, 0.6) is 0 Å². The van der Waals surface area contributed by atoms with Crippen LogP contribution in [-0.2, 0) is 11.3 Å². The zero-order valence-corrected chi connectivity index (χ0v) is 13.1. The molecule has 0 amide bonds. The van der Waals surface area contributed by atoms with E-state index in [-0.39, 0.29) is 0 Å². The maximum atomic E-state index is 9.85. The summed E-state index contributed by atoms with van der Waals surface area (Å²) in [5.41, 5.74) is 0. The molecule has 0 saturated carbocycles. The van der Waals surface area contributed by atoms with E-state index in [4.69, 9.17) is 9.15 Å². The third-order valence-corrected chi connectivity index (χ3v) is 3.61. The minimum Gasteiger partial charge on any atom is -0.467 e. The van der Waals surface area contributed by atoms with Crippen LogP contribution in [0.2, 0.25) is 0 Å². The van der Waals surface area contributed by atoms with E-state index in [9.17, 15) is 5.11 Å². The third-order valence-electron chi connectivity index (χ3n) is 3.61. The van der Waals surface area contributed by atoms with E-state index in [0.29, 0.717) is 37.5 Å². The smallest absolute Gasteiger partial charge is 0.129 e. The molecule has 0 radical (unpaired) electrons. The first-order valence-corrected chi connectivity index (χ1v) is 7.49. The molecule has 1 rings (SSSR count). The van der Waals surface area contributed by atoms with Gasteiger partial charge in [0.2, 0.25) is 0 Å². The van der Waals surface area contributed by atoms with Gasteiger partial charge in [-0.2, -0.15) is 0 Å². The van der Waals surface area contributed by atoms with Crippen molar-refractivity contribution in [1.82, 2.24) is 5.32 Å². The van der Waals surface area contributed by atoms with Crippen LogP contribution in [0.1, 0.15) is 33.5 Å². The predicted molar refractivity (Wildman–Crippen MR) is 80.4 cm³/mol. The van der Waals surface area contributed by atoms with E-state index < -0.39 is 6.10 Å². The molecule has 4 nitrogen and oxygen atoms in total. The topological polar surface area (TPSA) is 54.6 Å². The summed E-state index contributed by atoms with van der Waals surface area (Å²) in [7, 11) is 0. The number of aliphatic hydroxyl groups is 1. The van der Waals surface area contributed by atoms with Crippen LogP contribution in [0.25, 0.3) is 0 Å². The van der Waals surface area contributed by atoms with Crippen LogP contribution < -0.4 is 5.32 Å². The first kappa shape index (κ1) is 17.2. The molecule has 0 fully saturated rings. The lowest BCUT2D eigenvalue weighted by molar-refractivity contribution is 0.0219. The highest BCUT2D eigenvalue weighted by molar-refractivity contribution is 4.96. The molecule has 20 heavy (non-hydrogen) atoms. The van der Waals surface area contributed by atoms with Crippen molar-refractivity contribution in [2.24, 2.45) is 17.8 Å². The summed E-state index contributed by atoms with van der Waals surface area (Å²) in [5.74, 6) is 2.71. The minimum absolute atomic E-state index is 0.321. The molecule has 116 valence electrons. The lowest BCUT2D eigenvalue weighted by Crippen LogP contribution is -2.36. The first-order chi connectivity index (χ1) is 9.50. The molecular formula is C16H29NO3. The molecule has 4 heteroatoms. The summed E-state index contributed by atoms with van der Waals surface area (Å²) in [5, 5.41) is 13.2. The van der Waals surface area contributed by atoms with E-state index in [1.807, 2.05) is 12.1 Å². The Kier molecular flexibility index (Phi) is 7.88. The fourth-order valence-corrected chi connectivity index (χ4v) is 2.41. The normalized spacial score (nSPS) is 13.6. The Labute approximate surface area is 122 Å². The first-order valence-electron chi connectivity index (χ1n) is 7.49. The Bertz CT molecular complexity index is 328. The van der Waals surface area contributed by atoms with Crippen LogP contribution in [0.3, 0.4) is 0 Å². The van der Waals surface area contributed by atoms with Gasteiger partial charge < -0.3 is 19.6 Å². The van der Waals surface area contributed by atoms with Gasteiger partial charge in [-0.25, -0.2) is 0 Å². The fraction of sp³-hybridized carbons (Fsp3) is 0.750. The number of rotatable bonds is 10. The van der Waals surface area contributed by atoms with Gasteiger partial charge in [0, 0.05) is 6.54 Å². The average molecular weight is 283 g/mol. The molecule has 1 aromatic rings. The van der Waals surface area contributed by atoms with Gasteiger partial charge in [0.25, 0.3) is 0 Å². The van der Waals surface area contributed by atoms with E-state index in [1.165, 1.54) is 0 Å². The minimum atomic E-state index is -0.482. The Morgan fingerprint density at radius 1 is 1.20 bits per heavy atom. The molecule has 1 atom stereocenters. The summed E-state index contributed by atoms with van der Waals surface area (Å²) in [6.07, 6.45) is 1.14. The van der Waals surface area contributed by atoms with E-state index in [1.54, 1.807) is 6.26 Å². The van der Waals surface area contributed by atoms with Gasteiger partial charge in [-0.1, -0.05) is 27.7 Å². The van der Waals surface area contributed by atoms with Gasteiger partial charge in [0.05, 0.1) is 19.0 Å². The number of nitrogens with one attached hydrogen (secondary N) is 1. The van der Waals surface area contributed by atoms with E-state index in [2.05, 4.69) is 33.0 Å². The van der Waals surface area contributed by atoms with E-state index in [0.717, 1.165) is 12.3 Å². The molecular weight excluding hydrogens is 254 g/mol. The number of hydrogen-bond acceptors (Lipinski definition) is 4. The molecule has 1 unspecified atom stereocenters. The molecule has 1 aromatic heterocycles. The maximum Gasteiger partial charge on any atom is 0.129 e. The Balaban J connectivity index is 2.11. The summed E-state index contributed by atoms with van der Waals surface area (Å²) in [6, 6.07) is 3.69. The van der Waals surface area contributed by atoms with Crippen LogP contribution in [0.4, 0.5) is 0 Å². The number of furan rings is 1. The van der Waals surface area contributed by atoms with Crippen LogP contribution in [0.15, 0.2) is 22.8 Å². The molecule has 0 saturated heterocycles. The summed E-state index contributed by atoms with van der Waals surface area (Å²) in [4.78, 5) is 0. The van der Waals surface area contributed by atoms with Crippen molar-refractivity contribution >= 4 is 0 Å². The van der Waals surface area contributed by atoms with Gasteiger partial charge in [0.15, 0.2) is 0 Å². The highest BCUT2D eigenvalue weighted by Gasteiger charge is 2.17. The van der Waals surface area contributed by atoms with Crippen molar-refractivity contribution in [3.63, 3.8) is 0 Å². The second-order valence-corrected chi connectivity index (χ2v) is 6.06. The monoisotopic (exact) mass is 283 g/mol. The molecule has 1 heterocycles. The standard InChI is InChI=1S/C16H29NO3/c1-12(2)16(13(3)4)9-17-8-14(18)10-19-11-15-6-5-7-20-15/h5-7,12-14,16-18H,8-11H2,1-4H3. The Hall–Kier alpha value is -0.840. The predicted octanol–water partition coefficient (Wildman–Crippen LogP) is 2.67. The second kappa shape index (κ2) is 9.16. The van der Waals surface area contributed by atoms with Gasteiger partial charge in [0.1, 0.15) is 12.4 Å². The Morgan fingerprint density at radius 2 is 1.90 bits per heavy atom. The van der Waals surface area contributed by atoms with Crippen LogP contribution in [0, 0.1) is 17.8 Å². The van der Waals surface area contributed by atoms with Gasteiger partial charge >= 0.3 is 0 Å². The van der Waals surface area contributed by atoms with Gasteiger partial charge in [-0.3, -0.25) is 0 Å². The van der Waals surface area contributed by atoms with Gasteiger partial charge in [-0.05, 0) is 36.4 Å². The highest BCUT2D eigenvalue weighted by atomic mass is 16.5. The average Bonchev–Trinajstić information content (AvgIpc) is 2.86. The summed E-state index contributed by atoms with van der Waals surface area (Å²) in [6.45, 7) is 11.2. The molecule has 0 aliphatic rings. The lowest BCUT2D eigenvalue weighted by Gasteiger charge is -2.25. The van der Waals surface area contributed by atoms with Crippen molar-refractivity contribution in [3.05, 3.63) is 24.2 Å². The van der Waals surface area contributed by atoms with E-state index >= 15 is 0 Å². The Morgan fingerprint density at radius 3 is 2.45 bits per heavy atom. The number of aliphatic hydroxyl groups excluding tert-OH is 1. The second-order valence-electron chi connectivity index (χ2n) is 6.06.